The lowest BCUT2D eigenvalue weighted by Gasteiger charge is -2.12. The molecule has 1 atom stereocenters. The second-order valence-corrected chi connectivity index (χ2v) is 4.90. The first kappa shape index (κ1) is 15.9. The lowest BCUT2D eigenvalue weighted by atomic mass is 10.1. The average Bonchev–Trinajstić information content (AvgIpc) is 2.76. The van der Waals surface area contributed by atoms with Gasteiger partial charge in [-0.05, 0) is 25.3 Å². The van der Waals surface area contributed by atoms with Crippen LogP contribution in [0, 0.1) is 0 Å². The summed E-state index contributed by atoms with van der Waals surface area (Å²) < 4.78 is 1.47. The van der Waals surface area contributed by atoms with Crippen molar-refractivity contribution in [3.63, 3.8) is 0 Å². The van der Waals surface area contributed by atoms with Gasteiger partial charge >= 0.3 is 5.97 Å². The quantitative estimate of drug-likeness (QED) is 0.776. The molecule has 1 amide bonds. The first-order chi connectivity index (χ1) is 9.36. The number of aliphatic carboxylic acids is 1. The molecule has 110 valence electrons. The van der Waals surface area contributed by atoms with Gasteiger partial charge in [-0.15, -0.1) is 0 Å². The van der Waals surface area contributed by atoms with Gasteiger partial charge in [-0.1, -0.05) is 26.0 Å². The van der Waals surface area contributed by atoms with E-state index < -0.39 is 17.9 Å². The molecule has 0 fully saturated rings. The Labute approximate surface area is 118 Å². The van der Waals surface area contributed by atoms with E-state index in [1.54, 1.807) is 32.2 Å². The molecule has 0 saturated carbocycles. The Kier molecular flexibility index (Phi) is 5.49. The molecule has 0 spiro atoms. The minimum absolute atomic E-state index is 0.209. The number of allylic oxidation sites excluding steroid dienone is 1. The van der Waals surface area contributed by atoms with Crippen molar-refractivity contribution in [2.75, 3.05) is 0 Å². The Morgan fingerprint density at radius 2 is 2.15 bits per heavy atom. The summed E-state index contributed by atoms with van der Waals surface area (Å²) in [7, 11) is 1.67. The topological polar surface area (TPSA) is 84.2 Å². The highest BCUT2D eigenvalue weighted by molar-refractivity contribution is 5.95. The standard InChI is InChI=1S/C14H21N3O3/c1-5-6-7-10(14(19)20)15-13(18)12-8-11(9(2)3)16-17(12)4/h5-6,8-10H,7H2,1-4H3,(H,15,18)(H,19,20)/b6-5+. The van der Waals surface area contributed by atoms with Crippen molar-refractivity contribution >= 4 is 11.9 Å². The van der Waals surface area contributed by atoms with Gasteiger partial charge in [0.05, 0.1) is 5.69 Å². The highest BCUT2D eigenvalue weighted by Crippen LogP contribution is 2.14. The SMILES string of the molecule is C/C=C/CC(NC(=O)c1cc(C(C)C)nn1C)C(=O)O. The van der Waals surface area contributed by atoms with E-state index in [2.05, 4.69) is 10.4 Å². The fourth-order valence-electron chi connectivity index (χ4n) is 1.71. The number of carbonyl (C=O) groups excluding carboxylic acids is 1. The normalized spacial score (nSPS) is 12.8. The summed E-state index contributed by atoms with van der Waals surface area (Å²) in [6.07, 6.45) is 3.72. The van der Waals surface area contributed by atoms with Crippen molar-refractivity contribution in [1.82, 2.24) is 15.1 Å². The van der Waals surface area contributed by atoms with Gasteiger partial charge in [0, 0.05) is 7.05 Å². The fourth-order valence-corrected chi connectivity index (χ4v) is 1.71. The van der Waals surface area contributed by atoms with Crippen LogP contribution in [0.4, 0.5) is 0 Å². The van der Waals surface area contributed by atoms with Crippen LogP contribution in [0.15, 0.2) is 18.2 Å². The second-order valence-electron chi connectivity index (χ2n) is 4.90. The first-order valence-electron chi connectivity index (χ1n) is 6.55. The molecule has 6 heteroatoms. The molecular formula is C14H21N3O3. The molecule has 1 unspecified atom stereocenters. The molecule has 1 heterocycles. The third-order valence-corrected chi connectivity index (χ3v) is 2.93. The van der Waals surface area contributed by atoms with E-state index >= 15 is 0 Å². The fraction of sp³-hybridized carbons (Fsp3) is 0.500. The molecule has 20 heavy (non-hydrogen) atoms. The van der Waals surface area contributed by atoms with Crippen LogP contribution in [0.1, 0.15) is 49.3 Å². The van der Waals surface area contributed by atoms with Crippen LogP contribution in [0.2, 0.25) is 0 Å². The van der Waals surface area contributed by atoms with Crippen molar-refractivity contribution < 1.29 is 14.7 Å². The van der Waals surface area contributed by atoms with Crippen LogP contribution >= 0.6 is 0 Å². The number of aromatic nitrogens is 2. The largest absolute Gasteiger partial charge is 0.480 e. The number of amides is 1. The summed E-state index contributed by atoms with van der Waals surface area (Å²) in [5.74, 6) is -1.27. The van der Waals surface area contributed by atoms with Gasteiger partial charge in [0.2, 0.25) is 0 Å². The van der Waals surface area contributed by atoms with Crippen LogP contribution < -0.4 is 5.32 Å². The van der Waals surface area contributed by atoms with E-state index in [1.807, 2.05) is 13.8 Å². The lowest BCUT2D eigenvalue weighted by molar-refractivity contribution is -0.139. The second kappa shape index (κ2) is 6.88. The predicted molar refractivity (Wildman–Crippen MR) is 75.6 cm³/mol. The molecule has 0 radical (unpaired) electrons. The molecule has 1 aromatic rings. The van der Waals surface area contributed by atoms with Gasteiger partial charge < -0.3 is 10.4 Å². The molecule has 0 aromatic carbocycles. The number of nitrogens with one attached hydrogen (secondary N) is 1. The number of aryl methyl sites for hydroxylation is 1. The van der Waals surface area contributed by atoms with Crippen LogP contribution in [-0.4, -0.2) is 32.8 Å². The molecule has 0 aliphatic rings. The number of nitrogens with zero attached hydrogens (tertiary/aromatic N) is 2. The maximum atomic E-state index is 12.1. The Hall–Kier alpha value is -2.11. The van der Waals surface area contributed by atoms with Gasteiger partial charge in [-0.3, -0.25) is 9.48 Å². The van der Waals surface area contributed by atoms with Crippen LogP contribution in [0.5, 0.6) is 0 Å². The summed E-state index contributed by atoms with van der Waals surface area (Å²) >= 11 is 0. The minimum Gasteiger partial charge on any atom is -0.480 e. The molecule has 0 aliphatic heterocycles. The highest BCUT2D eigenvalue weighted by atomic mass is 16.4. The number of rotatable bonds is 6. The Balaban J connectivity index is 2.86. The zero-order valence-corrected chi connectivity index (χ0v) is 12.3. The Morgan fingerprint density at radius 3 is 2.60 bits per heavy atom. The van der Waals surface area contributed by atoms with Gasteiger partial charge in [-0.2, -0.15) is 5.10 Å². The van der Waals surface area contributed by atoms with Gasteiger partial charge in [0.15, 0.2) is 0 Å². The van der Waals surface area contributed by atoms with Crippen molar-refractivity contribution in [1.29, 1.82) is 0 Å². The maximum Gasteiger partial charge on any atom is 0.326 e. The summed E-state index contributed by atoms with van der Waals surface area (Å²) in [5.41, 5.74) is 1.17. The molecule has 0 aliphatic carbocycles. The van der Waals surface area contributed by atoms with E-state index in [4.69, 9.17) is 5.11 Å². The van der Waals surface area contributed by atoms with E-state index in [0.717, 1.165) is 5.69 Å². The zero-order chi connectivity index (χ0) is 15.3. The molecule has 0 saturated heterocycles. The molecule has 1 rings (SSSR count). The number of carboxylic acid groups (broad SMARTS) is 1. The Bertz CT molecular complexity index is 518. The lowest BCUT2D eigenvalue weighted by Crippen LogP contribution is -2.41. The number of hydrogen-bond acceptors (Lipinski definition) is 3. The smallest absolute Gasteiger partial charge is 0.326 e. The van der Waals surface area contributed by atoms with Crippen molar-refractivity contribution in [2.45, 2.75) is 39.2 Å². The van der Waals surface area contributed by atoms with Gasteiger partial charge in [-0.25, -0.2) is 4.79 Å². The van der Waals surface area contributed by atoms with E-state index in [0.29, 0.717) is 5.69 Å². The van der Waals surface area contributed by atoms with E-state index in [-0.39, 0.29) is 12.3 Å². The average molecular weight is 279 g/mol. The highest BCUT2D eigenvalue weighted by Gasteiger charge is 2.22. The zero-order valence-electron chi connectivity index (χ0n) is 12.3. The molecule has 1 aromatic heterocycles. The number of carbonyl (C=O) groups is 2. The summed E-state index contributed by atoms with van der Waals surface area (Å²) in [6, 6.07) is 0.755. The number of carboxylic acids is 1. The third kappa shape index (κ3) is 3.94. The first-order valence-corrected chi connectivity index (χ1v) is 6.55. The summed E-state index contributed by atoms with van der Waals surface area (Å²) in [5, 5.41) is 15.8. The summed E-state index contributed by atoms with van der Waals surface area (Å²) in [6.45, 7) is 5.77. The van der Waals surface area contributed by atoms with Crippen LogP contribution in [0.3, 0.4) is 0 Å². The molecular weight excluding hydrogens is 258 g/mol. The van der Waals surface area contributed by atoms with Crippen molar-refractivity contribution in [3.05, 3.63) is 29.6 Å². The Morgan fingerprint density at radius 1 is 1.50 bits per heavy atom. The third-order valence-electron chi connectivity index (χ3n) is 2.93. The molecule has 2 N–H and O–H groups in total. The maximum absolute atomic E-state index is 12.1. The van der Waals surface area contributed by atoms with Gasteiger partial charge in [0.1, 0.15) is 11.7 Å². The summed E-state index contributed by atoms with van der Waals surface area (Å²) in [4.78, 5) is 23.2. The van der Waals surface area contributed by atoms with Crippen molar-refractivity contribution in [2.24, 2.45) is 7.05 Å². The van der Waals surface area contributed by atoms with Crippen LogP contribution in [-0.2, 0) is 11.8 Å². The number of hydrogen-bond donors (Lipinski definition) is 2. The minimum atomic E-state index is -1.05. The monoisotopic (exact) mass is 279 g/mol. The van der Waals surface area contributed by atoms with Crippen molar-refractivity contribution in [3.8, 4) is 0 Å². The van der Waals surface area contributed by atoms with E-state index in [9.17, 15) is 9.59 Å². The molecule has 0 bridgehead atoms. The molecule has 6 nitrogen and oxygen atoms in total. The van der Waals surface area contributed by atoms with Crippen LogP contribution in [0.25, 0.3) is 0 Å². The van der Waals surface area contributed by atoms with E-state index in [1.165, 1.54) is 4.68 Å². The van der Waals surface area contributed by atoms with Gasteiger partial charge in [0.25, 0.3) is 5.91 Å². The predicted octanol–water partition coefficient (Wildman–Crippen LogP) is 1.69.